The van der Waals surface area contributed by atoms with Gasteiger partial charge in [-0.05, 0) is 78.0 Å². The Hall–Kier alpha value is -5.78. The third-order valence-electron chi connectivity index (χ3n) is 9.91. The Balaban J connectivity index is 0.000000242. The number of para-hydroxylation sites is 1. The average Bonchev–Trinajstić information content (AvgIpc) is 3.85. The van der Waals surface area contributed by atoms with Gasteiger partial charge in [-0.1, -0.05) is 70.2 Å². The minimum Gasteiger partial charge on any atom is -0.657 e. The fourth-order valence-corrected chi connectivity index (χ4v) is 7.22. The van der Waals surface area contributed by atoms with Crippen molar-refractivity contribution >= 4 is 56.5 Å². The van der Waals surface area contributed by atoms with Gasteiger partial charge in [0.05, 0.1) is 11.6 Å². The van der Waals surface area contributed by atoms with E-state index in [9.17, 15) is 0 Å². The summed E-state index contributed by atoms with van der Waals surface area (Å²) in [5.74, 6) is 3.99. The summed E-state index contributed by atoms with van der Waals surface area (Å²) in [7, 11) is 3.97. The van der Waals surface area contributed by atoms with Gasteiger partial charge in [0.25, 0.3) is 0 Å². The number of hydrogen-bond acceptors (Lipinski definition) is 9. The molecule has 7 aromatic rings. The molecule has 0 amide bonds. The van der Waals surface area contributed by atoms with Crippen molar-refractivity contribution in [3.05, 3.63) is 133 Å². The second kappa shape index (κ2) is 15.2. The first-order chi connectivity index (χ1) is 26.1. The zero-order chi connectivity index (χ0) is 37.7. The number of nitriles is 1. The smallest absolute Gasteiger partial charge is 0.657 e. The van der Waals surface area contributed by atoms with Gasteiger partial charge >= 0.3 is 21.1 Å². The van der Waals surface area contributed by atoms with Gasteiger partial charge in [0.2, 0.25) is 0 Å². The van der Waals surface area contributed by atoms with E-state index >= 15 is 0 Å². The van der Waals surface area contributed by atoms with Crippen molar-refractivity contribution in [1.29, 1.82) is 5.26 Å². The minimum absolute atomic E-state index is 0. The molecule has 0 unspecified atom stereocenters. The number of fused-ring (bicyclic) bond motifs is 5. The topological polar surface area (TPSA) is 102 Å². The molecule has 0 aliphatic carbocycles. The Morgan fingerprint density at radius 1 is 0.691 bits per heavy atom. The molecule has 11 heteroatoms. The molecule has 4 aromatic carbocycles. The summed E-state index contributed by atoms with van der Waals surface area (Å²) in [6.07, 6.45) is 6.89. The van der Waals surface area contributed by atoms with E-state index < -0.39 is 0 Å². The van der Waals surface area contributed by atoms with Crippen LogP contribution in [0, 0.1) is 37.7 Å². The molecule has 9 rings (SSSR count). The van der Waals surface area contributed by atoms with Crippen LogP contribution in [0.3, 0.4) is 0 Å². The van der Waals surface area contributed by atoms with Gasteiger partial charge in [-0.15, -0.1) is 59.5 Å². The third kappa shape index (κ3) is 6.90. The van der Waals surface area contributed by atoms with Crippen molar-refractivity contribution in [1.82, 2.24) is 24.9 Å². The molecular weight excluding hydrogens is 864 g/mol. The summed E-state index contributed by atoms with van der Waals surface area (Å²) in [5.41, 5.74) is 10.7. The number of rotatable bonds is 5. The first kappa shape index (κ1) is 37.5. The van der Waals surface area contributed by atoms with Crippen LogP contribution in [-0.4, -0.2) is 34.0 Å². The van der Waals surface area contributed by atoms with Crippen molar-refractivity contribution in [2.24, 2.45) is 0 Å². The number of nitrogens with zero attached hydrogens (tertiary/aromatic N) is 10. The molecule has 2 aliphatic heterocycles. The predicted octanol–water partition coefficient (Wildman–Crippen LogP) is 9.52. The van der Waals surface area contributed by atoms with E-state index in [0.29, 0.717) is 17.4 Å². The Kier molecular flexibility index (Phi) is 10.3. The van der Waals surface area contributed by atoms with Gasteiger partial charge in [-0.25, -0.2) is 19.9 Å². The first-order valence-corrected chi connectivity index (χ1v) is 18.0. The van der Waals surface area contributed by atoms with E-state index in [1.165, 1.54) is 22.3 Å². The Morgan fingerprint density at radius 3 is 1.82 bits per heavy atom. The van der Waals surface area contributed by atoms with Crippen LogP contribution >= 0.6 is 0 Å². The van der Waals surface area contributed by atoms with Crippen molar-refractivity contribution in [2.45, 2.75) is 46.5 Å². The molecule has 0 bridgehead atoms. The Labute approximate surface area is 336 Å². The molecule has 0 atom stereocenters. The van der Waals surface area contributed by atoms with Gasteiger partial charge in [0, 0.05) is 24.8 Å². The SMILES string of the molecule is Cc1cc(C(C)C)cc(C(C)C)c1-c1cc(N2[CH-]N(C)c3nccnc32)[c-]c(N2[CH-]N(C)c3nccnc32)c1.N#Cc1ccc2[n-]c3ccccc3c2c1.[Pt+4]. The molecule has 0 saturated heterocycles. The minimum atomic E-state index is 0. The van der Waals surface area contributed by atoms with Crippen molar-refractivity contribution in [3.63, 3.8) is 0 Å². The number of aromatic nitrogens is 5. The van der Waals surface area contributed by atoms with Crippen LogP contribution in [0.2, 0.25) is 0 Å². The molecule has 5 heterocycles. The van der Waals surface area contributed by atoms with E-state index in [-0.39, 0.29) is 21.1 Å². The first-order valence-electron chi connectivity index (χ1n) is 18.0. The number of aryl methyl sites for hydroxylation is 1. The second-order valence-electron chi connectivity index (χ2n) is 14.3. The molecule has 0 radical (unpaired) electrons. The molecule has 0 spiro atoms. The normalized spacial score (nSPS) is 13.2. The van der Waals surface area contributed by atoms with Crippen LogP contribution in [0.5, 0.6) is 0 Å². The Morgan fingerprint density at radius 2 is 1.25 bits per heavy atom. The summed E-state index contributed by atoms with van der Waals surface area (Å²) >= 11 is 0. The monoisotopic (exact) mass is 903 g/mol. The van der Waals surface area contributed by atoms with Crippen LogP contribution in [0.15, 0.2) is 91.5 Å². The van der Waals surface area contributed by atoms with Gasteiger partial charge in [0.1, 0.15) is 23.3 Å². The maximum Gasteiger partial charge on any atom is 4.00 e. The van der Waals surface area contributed by atoms with Crippen LogP contribution < -0.4 is 24.6 Å². The van der Waals surface area contributed by atoms with E-state index in [2.05, 4.69) is 106 Å². The van der Waals surface area contributed by atoms with Crippen molar-refractivity contribution in [3.8, 4) is 17.2 Å². The molecule has 276 valence electrons. The molecule has 0 saturated carbocycles. The molecule has 2 aliphatic rings. The zero-order valence-electron chi connectivity index (χ0n) is 31.8. The number of benzene rings is 4. The van der Waals surface area contributed by atoms with Crippen molar-refractivity contribution < 1.29 is 21.1 Å². The maximum atomic E-state index is 8.84. The van der Waals surface area contributed by atoms with Crippen LogP contribution in [0.4, 0.5) is 34.6 Å². The van der Waals surface area contributed by atoms with E-state index in [1.807, 2.05) is 73.6 Å². The van der Waals surface area contributed by atoms with Crippen LogP contribution in [0.25, 0.3) is 32.9 Å². The largest absolute Gasteiger partial charge is 4.00 e. The molecule has 3 aromatic heterocycles. The molecule has 0 fully saturated rings. The zero-order valence-corrected chi connectivity index (χ0v) is 34.0. The number of anilines is 6. The molecule has 0 N–H and O–H groups in total. The van der Waals surface area contributed by atoms with Gasteiger partial charge in [-0.2, -0.15) is 5.26 Å². The summed E-state index contributed by atoms with van der Waals surface area (Å²) in [6.45, 7) is 15.3. The number of hydrogen-bond donors (Lipinski definition) is 0. The van der Waals surface area contributed by atoms with Crippen LogP contribution in [-0.2, 0) is 21.1 Å². The third-order valence-corrected chi connectivity index (χ3v) is 9.91. The summed E-state index contributed by atoms with van der Waals surface area (Å²) in [6, 6.07) is 28.5. The van der Waals surface area contributed by atoms with Crippen LogP contribution in [0.1, 0.15) is 61.8 Å². The fourth-order valence-electron chi connectivity index (χ4n) is 7.22. The second-order valence-corrected chi connectivity index (χ2v) is 14.3. The fraction of sp³-hybridized carbons (Fsp3) is 0.205. The molecule has 10 nitrogen and oxygen atoms in total. The quantitative estimate of drug-likeness (QED) is 0.155. The summed E-state index contributed by atoms with van der Waals surface area (Å²) in [5, 5.41) is 11.0. The molecular formula is C44H40N10Pt. The maximum absolute atomic E-state index is 8.84. The molecule has 55 heavy (non-hydrogen) atoms. The Bertz CT molecular complexity index is 2490. The van der Waals surface area contributed by atoms with Gasteiger partial charge in [0.15, 0.2) is 0 Å². The standard InChI is InChI=1S/C31H33N8.C13H7N2.Pt/c1-19(2)22-12-21(5)27(26(15-22)20(3)4)23-13-24(38-17-36(6)28-30(38)34-10-8-32-28)16-25(14-23)39-18-37(7)29-31(39)35-11-9-33-29;14-8-9-5-6-13-11(7-9)10-3-1-2-4-12(10)15-13;/h8-15,17-20H,1-7H3;1-7H;/q-3;-1;+4. The van der Waals surface area contributed by atoms with Crippen molar-refractivity contribution in [2.75, 3.05) is 33.7 Å². The van der Waals surface area contributed by atoms with Gasteiger partial charge in [-0.3, -0.25) is 0 Å². The predicted molar refractivity (Wildman–Crippen MR) is 217 cm³/mol. The van der Waals surface area contributed by atoms with E-state index in [4.69, 9.17) is 5.26 Å². The summed E-state index contributed by atoms with van der Waals surface area (Å²) < 4.78 is 0. The summed E-state index contributed by atoms with van der Waals surface area (Å²) in [4.78, 5) is 31.0. The average molecular weight is 904 g/mol. The van der Waals surface area contributed by atoms with Gasteiger partial charge < -0.3 is 24.6 Å². The van der Waals surface area contributed by atoms with E-state index in [0.717, 1.165) is 62.0 Å². The van der Waals surface area contributed by atoms with E-state index in [1.54, 1.807) is 30.9 Å².